The molecule has 0 aliphatic carbocycles. The maximum atomic E-state index is 4.24. The molecule has 2 rings (SSSR count). The highest BCUT2D eigenvalue weighted by Crippen LogP contribution is 2.19. The van der Waals surface area contributed by atoms with Crippen molar-refractivity contribution < 1.29 is 0 Å². The van der Waals surface area contributed by atoms with Gasteiger partial charge in [-0.2, -0.15) is 0 Å². The number of nitrogens with zero attached hydrogens (tertiary/aromatic N) is 2. The molecule has 0 fully saturated rings. The molecule has 10 heavy (non-hydrogen) atoms. The molecule has 0 aromatic carbocycles. The van der Waals surface area contributed by atoms with Crippen LogP contribution in [0.4, 0.5) is 0 Å². The molecular formula is C8H12N2. The zero-order chi connectivity index (χ0) is 6.97. The molecule has 0 atom stereocenters. The van der Waals surface area contributed by atoms with Crippen LogP contribution in [0.2, 0.25) is 0 Å². The Bertz CT molecular complexity index is 203. The first kappa shape index (κ1) is 6.10. The van der Waals surface area contributed by atoms with Gasteiger partial charge in [0.15, 0.2) is 0 Å². The van der Waals surface area contributed by atoms with Gasteiger partial charge in [-0.05, 0) is 24.6 Å². The Morgan fingerprint density at radius 2 is 2.50 bits per heavy atom. The minimum absolute atomic E-state index is 0.958. The smallest absolute Gasteiger partial charge is 0.0618 e. The summed E-state index contributed by atoms with van der Waals surface area (Å²) in [4.78, 5) is 6.59. The molecule has 2 nitrogen and oxygen atoms in total. The summed E-state index contributed by atoms with van der Waals surface area (Å²) in [5.74, 6) is 0. The van der Waals surface area contributed by atoms with E-state index in [2.05, 4.69) is 16.9 Å². The van der Waals surface area contributed by atoms with Crippen LogP contribution in [-0.2, 0) is 0 Å². The molecule has 2 heterocycles. The van der Waals surface area contributed by atoms with Gasteiger partial charge in [0.05, 0.1) is 6.54 Å². The maximum Gasteiger partial charge on any atom is 0.0618 e. The van der Waals surface area contributed by atoms with E-state index in [1.165, 1.54) is 24.1 Å². The van der Waals surface area contributed by atoms with Gasteiger partial charge in [-0.3, -0.25) is 4.99 Å². The Morgan fingerprint density at radius 1 is 1.60 bits per heavy atom. The highest BCUT2D eigenvalue weighted by Gasteiger charge is 2.16. The summed E-state index contributed by atoms with van der Waals surface area (Å²) in [6.45, 7) is 3.29. The van der Waals surface area contributed by atoms with Crippen molar-refractivity contribution in [3.63, 3.8) is 0 Å². The molecule has 0 saturated heterocycles. The van der Waals surface area contributed by atoms with E-state index in [-0.39, 0.29) is 0 Å². The molecule has 0 radical (unpaired) electrons. The van der Waals surface area contributed by atoms with Gasteiger partial charge >= 0.3 is 0 Å². The van der Waals surface area contributed by atoms with E-state index in [0.717, 1.165) is 13.1 Å². The van der Waals surface area contributed by atoms with Crippen molar-refractivity contribution in [2.45, 2.75) is 6.42 Å². The van der Waals surface area contributed by atoms with Gasteiger partial charge in [-0.1, -0.05) is 0 Å². The quantitative estimate of drug-likeness (QED) is 0.478. The van der Waals surface area contributed by atoms with Gasteiger partial charge in [-0.15, -0.1) is 0 Å². The summed E-state index contributed by atoms with van der Waals surface area (Å²) in [5.41, 5.74) is 3.03. The second kappa shape index (κ2) is 2.20. The van der Waals surface area contributed by atoms with Crippen LogP contribution in [0.25, 0.3) is 0 Å². The lowest BCUT2D eigenvalue weighted by molar-refractivity contribution is 0.352. The first-order valence-corrected chi connectivity index (χ1v) is 3.75. The lowest BCUT2D eigenvalue weighted by atomic mass is 10.0. The zero-order valence-electron chi connectivity index (χ0n) is 6.30. The largest absolute Gasteiger partial charge is 0.302 e. The third-order valence-corrected chi connectivity index (χ3v) is 2.21. The Kier molecular flexibility index (Phi) is 1.34. The summed E-state index contributed by atoms with van der Waals surface area (Å²) in [6.07, 6.45) is 3.25. The van der Waals surface area contributed by atoms with Gasteiger partial charge in [0, 0.05) is 19.3 Å². The van der Waals surface area contributed by atoms with Gasteiger partial charge in [-0.25, -0.2) is 0 Å². The van der Waals surface area contributed by atoms with E-state index in [0.29, 0.717) is 0 Å². The standard InChI is InChI=1S/C8H12N2/c1-10-3-2-7-4-9-5-8(7)6-10/h4H,2-3,5-6H2,1H3. The molecular weight excluding hydrogens is 124 g/mol. The van der Waals surface area contributed by atoms with Gasteiger partial charge in [0.1, 0.15) is 0 Å². The second-order valence-electron chi connectivity index (χ2n) is 3.09. The van der Waals surface area contributed by atoms with E-state index >= 15 is 0 Å². The summed E-state index contributed by atoms with van der Waals surface area (Å²) in [7, 11) is 2.17. The van der Waals surface area contributed by atoms with E-state index in [9.17, 15) is 0 Å². The molecule has 0 aromatic heterocycles. The number of aliphatic imine (C=N–C) groups is 1. The van der Waals surface area contributed by atoms with Crippen LogP contribution >= 0.6 is 0 Å². The third kappa shape index (κ3) is 0.886. The minimum atomic E-state index is 0.958. The molecule has 0 saturated carbocycles. The lowest BCUT2D eigenvalue weighted by Gasteiger charge is -2.22. The number of likely N-dealkylation sites (N-methyl/N-ethyl adjacent to an activating group) is 1. The fourth-order valence-electron chi connectivity index (χ4n) is 1.57. The monoisotopic (exact) mass is 136 g/mol. The molecule has 0 amide bonds. The molecule has 0 bridgehead atoms. The van der Waals surface area contributed by atoms with Crippen molar-refractivity contribution in [3.8, 4) is 0 Å². The average molecular weight is 136 g/mol. The summed E-state index contributed by atoms with van der Waals surface area (Å²) in [5, 5.41) is 0. The van der Waals surface area contributed by atoms with Crippen LogP contribution in [0.1, 0.15) is 6.42 Å². The summed E-state index contributed by atoms with van der Waals surface area (Å²) in [6, 6.07) is 0. The van der Waals surface area contributed by atoms with Gasteiger partial charge in [0.25, 0.3) is 0 Å². The van der Waals surface area contributed by atoms with Crippen molar-refractivity contribution >= 4 is 6.21 Å². The van der Waals surface area contributed by atoms with Crippen molar-refractivity contribution in [1.82, 2.24) is 4.90 Å². The fraction of sp³-hybridized carbons (Fsp3) is 0.625. The van der Waals surface area contributed by atoms with E-state index < -0.39 is 0 Å². The van der Waals surface area contributed by atoms with Crippen LogP contribution < -0.4 is 0 Å². The second-order valence-corrected chi connectivity index (χ2v) is 3.09. The summed E-state index contributed by atoms with van der Waals surface area (Å²) >= 11 is 0. The summed E-state index contributed by atoms with van der Waals surface area (Å²) < 4.78 is 0. The molecule has 0 unspecified atom stereocenters. The molecule has 0 aromatic rings. The molecule has 2 aliphatic rings. The van der Waals surface area contributed by atoms with E-state index in [1.807, 2.05) is 6.21 Å². The number of hydrogen-bond donors (Lipinski definition) is 0. The Hall–Kier alpha value is -0.630. The van der Waals surface area contributed by atoms with Crippen molar-refractivity contribution in [2.75, 3.05) is 26.7 Å². The van der Waals surface area contributed by atoms with Crippen LogP contribution in [0.5, 0.6) is 0 Å². The Labute approximate surface area is 61.2 Å². The van der Waals surface area contributed by atoms with Crippen LogP contribution in [-0.4, -0.2) is 37.8 Å². The van der Waals surface area contributed by atoms with Crippen molar-refractivity contribution in [3.05, 3.63) is 11.1 Å². The predicted octanol–water partition coefficient (Wildman–Crippen LogP) is 0.703. The van der Waals surface area contributed by atoms with E-state index in [1.54, 1.807) is 0 Å². The topological polar surface area (TPSA) is 15.6 Å². The van der Waals surface area contributed by atoms with Gasteiger partial charge in [0.2, 0.25) is 0 Å². The van der Waals surface area contributed by atoms with Crippen LogP contribution in [0.3, 0.4) is 0 Å². The molecule has 0 N–H and O–H groups in total. The molecule has 2 aliphatic heterocycles. The Balaban J connectivity index is 2.18. The normalized spacial score (nSPS) is 25.7. The predicted molar refractivity (Wildman–Crippen MR) is 42.5 cm³/mol. The minimum Gasteiger partial charge on any atom is -0.302 e. The number of rotatable bonds is 0. The van der Waals surface area contributed by atoms with Crippen molar-refractivity contribution in [2.24, 2.45) is 4.99 Å². The molecule has 2 heteroatoms. The Morgan fingerprint density at radius 3 is 3.40 bits per heavy atom. The molecule has 0 spiro atoms. The molecule has 54 valence electrons. The lowest BCUT2D eigenvalue weighted by Crippen LogP contribution is -2.27. The van der Waals surface area contributed by atoms with E-state index in [4.69, 9.17) is 0 Å². The van der Waals surface area contributed by atoms with Crippen molar-refractivity contribution in [1.29, 1.82) is 0 Å². The van der Waals surface area contributed by atoms with Gasteiger partial charge < -0.3 is 4.90 Å². The highest BCUT2D eigenvalue weighted by molar-refractivity contribution is 5.83. The third-order valence-electron chi connectivity index (χ3n) is 2.21. The van der Waals surface area contributed by atoms with Crippen LogP contribution in [0.15, 0.2) is 16.1 Å². The first-order valence-electron chi connectivity index (χ1n) is 3.75. The van der Waals surface area contributed by atoms with Crippen LogP contribution in [0, 0.1) is 0 Å². The number of hydrogen-bond acceptors (Lipinski definition) is 2. The highest BCUT2D eigenvalue weighted by atomic mass is 15.1. The zero-order valence-corrected chi connectivity index (χ0v) is 6.30. The fourth-order valence-corrected chi connectivity index (χ4v) is 1.57. The average Bonchev–Trinajstić information content (AvgIpc) is 2.33. The first-order chi connectivity index (χ1) is 4.86. The maximum absolute atomic E-state index is 4.24. The SMILES string of the molecule is CN1CCC2=C(CN=C2)C1.